The van der Waals surface area contributed by atoms with Gasteiger partial charge in [0.25, 0.3) is 0 Å². The summed E-state index contributed by atoms with van der Waals surface area (Å²) in [6, 6.07) is 12.6. The number of nitrogens with zero attached hydrogens (tertiary/aromatic N) is 4. The molecule has 162 valence electrons. The molecule has 4 heterocycles. The fourth-order valence-corrected chi connectivity index (χ4v) is 4.59. The zero-order valence-electron chi connectivity index (χ0n) is 18.1. The normalized spacial score (nSPS) is 16.8. The minimum Gasteiger partial charge on any atom is -0.419 e. The van der Waals surface area contributed by atoms with E-state index in [0.717, 1.165) is 46.2 Å². The molecule has 3 aromatic heterocycles. The van der Waals surface area contributed by atoms with Gasteiger partial charge in [0.15, 0.2) is 0 Å². The standard InChI is InChI=1S/C24H24N6O2/c1-24(2)14-30(8-9-31-24)13-22-28-29-23(32-22)18-10-15(11-21-19(18)12-26-27-21)16-4-3-5-20-17(16)6-7-25-20/h3-7,10-12,25H,8-9,13-14H2,1-2H3,(H,26,27). The van der Waals surface area contributed by atoms with E-state index in [9.17, 15) is 0 Å². The molecule has 8 heteroatoms. The summed E-state index contributed by atoms with van der Waals surface area (Å²) < 4.78 is 11.9. The Morgan fingerprint density at radius 1 is 1.06 bits per heavy atom. The summed E-state index contributed by atoms with van der Waals surface area (Å²) in [5.41, 5.74) is 4.94. The zero-order valence-corrected chi connectivity index (χ0v) is 18.1. The smallest absolute Gasteiger partial charge is 0.248 e. The molecule has 1 saturated heterocycles. The molecule has 8 nitrogen and oxygen atoms in total. The fraction of sp³-hybridized carbons (Fsp3) is 0.292. The number of rotatable bonds is 4. The van der Waals surface area contributed by atoms with E-state index in [1.54, 1.807) is 6.20 Å². The van der Waals surface area contributed by atoms with Gasteiger partial charge < -0.3 is 14.1 Å². The summed E-state index contributed by atoms with van der Waals surface area (Å²) in [6.45, 7) is 7.19. The van der Waals surface area contributed by atoms with Crippen molar-refractivity contribution < 1.29 is 9.15 Å². The zero-order chi connectivity index (χ0) is 21.7. The SMILES string of the molecule is CC1(C)CN(Cc2nnc(-c3cc(-c4cccc5[nH]ccc45)cc4[nH]ncc34)o2)CCO1. The Labute approximate surface area is 184 Å². The van der Waals surface area contributed by atoms with E-state index in [1.807, 2.05) is 6.20 Å². The molecule has 0 atom stereocenters. The molecule has 0 unspecified atom stereocenters. The second kappa shape index (κ2) is 7.29. The quantitative estimate of drug-likeness (QED) is 0.441. The fourth-order valence-electron chi connectivity index (χ4n) is 4.59. The summed E-state index contributed by atoms with van der Waals surface area (Å²) in [6.07, 6.45) is 3.76. The number of hydrogen-bond acceptors (Lipinski definition) is 6. The third kappa shape index (κ3) is 3.37. The third-order valence-electron chi connectivity index (χ3n) is 6.03. The van der Waals surface area contributed by atoms with Crippen molar-refractivity contribution in [3.63, 3.8) is 0 Å². The number of ether oxygens (including phenoxy) is 1. The Hall–Kier alpha value is -3.49. The second-order valence-corrected chi connectivity index (χ2v) is 8.92. The van der Waals surface area contributed by atoms with Crippen LogP contribution < -0.4 is 0 Å². The maximum Gasteiger partial charge on any atom is 0.248 e. The molecule has 5 aromatic rings. The maximum atomic E-state index is 6.13. The lowest BCUT2D eigenvalue weighted by Gasteiger charge is -2.37. The number of morpholine rings is 1. The van der Waals surface area contributed by atoms with Gasteiger partial charge >= 0.3 is 0 Å². The minimum absolute atomic E-state index is 0.169. The van der Waals surface area contributed by atoms with Crippen LogP contribution in [0, 0.1) is 0 Å². The first-order chi connectivity index (χ1) is 15.6. The van der Waals surface area contributed by atoms with Crippen molar-refractivity contribution in [3.8, 4) is 22.6 Å². The third-order valence-corrected chi connectivity index (χ3v) is 6.03. The van der Waals surface area contributed by atoms with Gasteiger partial charge in [0, 0.05) is 35.6 Å². The van der Waals surface area contributed by atoms with E-state index in [0.29, 0.717) is 24.9 Å². The van der Waals surface area contributed by atoms with Crippen molar-refractivity contribution in [1.82, 2.24) is 30.3 Å². The van der Waals surface area contributed by atoms with Crippen LogP contribution in [0.25, 0.3) is 44.4 Å². The largest absolute Gasteiger partial charge is 0.419 e. The Morgan fingerprint density at radius 2 is 2.00 bits per heavy atom. The van der Waals surface area contributed by atoms with Crippen molar-refractivity contribution >= 4 is 21.8 Å². The van der Waals surface area contributed by atoms with E-state index >= 15 is 0 Å². The Kier molecular flexibility index (Phi) is 4.38. The lowest BCUT2D eigenvalue weighted by atomic mass is 9.98. The van der Waals surface area contributed by atoms with E-state index in [4.69, 9.17) is 9.15 Å². The number of aromatic amines is 2. The monoisotopic (exact) mass is 428 g/mol. The number of nitrogens with one attached hydrogen (secondary N) is 2. The summed E-state index contributed by atoms with van der Waals surface area (Å²) >= 11 is 0. The van der Waals surface area contributed by atoms with Gasteiger partial charge in [-0.1, -0.05) is 12.1 Å². The topological polar surface area (TPSA) is 95.9 Å². The highest BCUT2D eigenvalue weighted by Gasteiger charge is 2.28. The van der Waals surface area contributed by atoms with Crippen LogP contribution in [0.4, 0.5) is 0 Å². The summed E-state index contributed by atoms with van der Waals surface area (Å²) in [4.78, 5) is 5.57. The molecule has 0 amide bonds. The average molecular weight is 428 g/mol. The molecule has 2 N–H and O–H groups in total. The molecule has 0 radical (unpaired) electrons. The van der Waals surface area contributed by atoms with Gasteiger partial charge in [0.2, 0.25) is 11.8 Å². The molecule has 1 fully saturated rings. The molecule has 1 aliphatic rings. The maximum absolute atomic E-state index is 6.13. The first kappa shape index (κ1) is 19.2. The Bertz CT molecular complexity index is 1410. The molecule has 6 rings (SSSR count). The molecule has 0 saturated carbocycles. The first-order valence-corrected chi connectivity index (χ1v) is 10.8. The van der Waals surface area contributed by atoms with E-state index < -0.39 is 0 Å². The Balaban J connectivity index is 1.38. The van der Waals surface area contributed by atoms with Crippen LogP contribution in [0.5, 0.6) is 0 Å². The van der Waals surface area contributed by atoms with Gasteiger partial charge in [-0.3, -0.25) is 10.00 Å². The van der Waals surface area contributed by atoms with E-state index in [-0.39, 0.29) is 5.60 Å². The van der Waals surface area contributed by atoms with Gasteiger partial charge in [0.05, 0.1) is 36.0 Å². The predicted molar refractivity (Wildman–Crippen MR) is 122 cm³/mol. The van der Waals surface area contributed by atoms with Crippen LogP contribution in [0.2, 0.25) is 0 Å². The van der Waals surface area contributed by atoms with Crippen molar-refractivity contribution in [2.45, 2.75) is 26.0 Å². The van der Waals surface area contributed by atoms with Gasteiger partial charge in [-0.15, -0.1) is 10.2 Å². The second-order valence-electron chi connectivity index (χ2n) is 8.92. The van der Waals surface area contributed by atoms with E-state index in [1.165, 1.54) is 5.39 Å². The lowest BCUT2D eigenvalue weighted by molar-refractivity contribution is -0.0897. The summed E-state index contributed by atoms with van der Waals surface area (Å²) in [5, 5.41) is 18.2. The van der Waals surface area contributed by atoms with Crippen LogP contribution in [0.3, 0.4) is 0 Å². The molecule has 1 aliphatic heterocycles. The number of hydrogen-bond donors (Lipinski definition) is 2. The molecular formula is C24H24N6O2. The van der Waals surface area contributed by atoms with Crippen molar-refractivity contribution in [1.29, 1.82) is 0 Å². The van der Waals surface area contributed by atoms with Crippen LogP contribution >= 0.6 is 0 Å². The summed E-state index contributed by atoms with van der Waals surface area (Å²) in [7, 11) is 0. The van der Waals surface area contributed by atoms with Crippen LogP contribution in [-0.2, 0) is 11.3 Å². The highest BCUT2D eigenvalue weighted by Crippen LogP contribution is 2.35. The molecule has 0 aliphatic carbocycles. The molecule has 2 aromatic carbocycles. The predicted octanol–water partition coefficient (Wildman–Crippen LogP) is 4.37. The van der Waals surface area contributed by atoms with Gasteiger partial charge in [-0.2, -0.15) is 5.10 Å². The van der Waals surface area contributed by atoms with Crippen LogP contribution in [0.1, 0.15) is 19.7 Å². The highest BCUT2D eigenvalue weighted by atomic mass is 16.5. The molecular weight excluding hydrogens is 404 g/mol. The van der Waals surface area contributed by atoms with Crippen molar-refractivity contribution in [2.24, 2.45) is 0 Å². The minimum atomic E-state index is -0.169. The van der Waals surface area contributed by atoms with Crippen molar-refractivity contribution in [2.75, 3.05) is 19.7 Å². The number of H-pyrrole nitrogens is 2. The molecule has 0 bridgehead atoms. The average Bonchev–Trinajstić information content (AvgIpc) is 3.52. The van der Waals surface area contributed by atoms with E-state index in [2.05, 4.69) is 80.5 Å². The Morgan fingerprint density at radius 3 is 2.91 bits per heavy atom. The van der Waals surface area contributed by atoms with Gasteiger partial charge in [-0.25, -0.2) is 0 Å². The van der Waals surface area contributed by atoms with Crippen LogP contribution in [0.15, 0.2) is 53.2 Å². The summed E-state index contributed by atoms with van der Waals surface area (Å²) in [5.74, 6) is 1.11. The van der Waals surface area contributed by atoms with Gasteiger partial charge in [0.1, 0.15) is 0 Å². The van der Waals surface area contributed by atoms with Crippen LogP contribution in [-0.4, -0.2) is 55.6 Å². The number of fused-ring (bicyclic) bond motifs is 2. The lowest BCUT2D eigenvalue weighted by Crippen LogP contribution is -2.47. The highest BCUT2D eigenvalue weighted by molar-refractivity contribution is 6.01. The molecule has 32 heavy (non-hydrogen) atoms. The van der Waals surface area contributed by atoms with Crippen molar-refractivity contribution in [3.05, 3.63) is 54.7 Å². The number of benzene rings is 2. The van der Waals surface area contributed by atoms with Gasteiger partial charge in [-0.05, 0) is 49.2 Å². The molecule has 0 spiro atoms. The first-order valence-electron chi connectivity index (χ1n) is 10.8. The number of aromatic nitrogens is 5.